The number of thioether (sulfide) groups is 1. The van der Waals surface area contributed by atoms with E-state index >= 15 is 0 Å². The number of thiazole rings is 1. The molecule has 1 saturated heterocycles. The van der Waals surface area contributed by atoms with Crippen molar-refractivity contribution in [1.29, 1.82) is 0 Å². The van der Waals surface area contributed by atoms with E-state index in [2.05, 4.69) is 4.98 Å². The molecule has 0 N–H and O–H groups in total. The van der Waals surface area contributed by atoms with Crippen LogP contribution < -0.4 is 0 Å². The minimum absolute atomic E-state index is 0.122. The summed E-state index contributed by atoms with van der Waals surface area (Å²) in [6.45, 7) is 4.88. The van der Waals surface area contributed by atoms with Gasteiger partial charge in [-0.05, 0) is 12.8 Å². The monoisotopic (exact) mass is 284 g/mol. The molecule has 18 heavy (non-hydrogen) atoms. The maximum atomic E-state index is 11.8. The highest BCUT2D eigenvalue weighted by Crippen LogP contribution is 2.24. The summed E-state index contributed by atoms with van der Waals surface area (Å²) in [7, 11) is 0. The van der Waals surface area contributed by atoms with E-state index in [-0.39, 0.29) is 11.0 Å². The maximum Gasteiger partial charge on any atom is 0.223 e. The van der Waals surface area contributed by atoms with Crippen LogP contribution in [0.3, 0.4) is 0 Å². The molecule has 98 valence electrons. The van der Waals surface area contributed by atoms with Gasteiger partial charge < -0.3 is 4.90 Å². The fourth-order valence-corrected chi connectivity index (χ4v) is 3.47. The zero-order valence-corrected chi connectivity index (χ0v) is 12.1. The van der Waals surface area contributed by atoms with Crippen molar-refractivity contribution in [2.75, 3.05) is 12.3 Å². The Hall–Kier alpha value is -0.880. The van der Waals surface area contributed by atoms with Gasteiger partial charge in [-0.15, -0.1) is 11.3 Å². The van der Waals surface area contributed by atoms with Crippen LogP contribution in [0.1, 0.15) is 24.0 Å². The van der Waals surface area contributed by atoms with Crippen molar-refractivity contribution in [1.82, 2.24) is 9.88 Å². The Morgan fingerprint density at radius 3 is 3.06 bits per heavy atom. The second-order valence-electron chi connectivity index (χ2n) is 4.53. The largest absolute Gasteiger partial charge is 0.336 e. The van der Waals surface area contributed by atoms with E-state index in [1.165, 1.54) is 11.8 Å². The molecule has 1 aliphatic heterocycles. The van der Waals surface area contributed by atoms with E-state index in [1.54, 1.807) is 18.3 Å². The molecule has 0 aliphatic carbocycles. The van der Waals surface area contributed by atoms with Crippen LogP contribution in [0.15, 0.2) is 5.38 Å². The Bertz CT molecular complexity index is 459. The van der Waals surface area contributed by atoms with E-state index in [0.29, 0.717) is 18.9 Å². The molecule has 1 unspecified atom stereocenters. The molecular formula is C12H16N2O2S2. The number of aryl methyl sites for hydroxylation is 1. The van der Waals surface area contributed by atoms with E-state index in [4.69, 9.17) is 0 Å². The molecule has 0 aromatic carbocycles. The Labute approximate surface area is 115 Å². The lowest BCUT2D eigenvalue weighted by molar-refractivity contribution is -0.128. The number of rotatable bonds is 4. The van der Waals surface area contributed by atoms with Crippen LogP contribution in [-0.4, -0.2) is 33.2 Å². The van der Waals surface area contributed by atoms with Crippen molar-refractivity contribution < 1.29 is 9.59 Å². The minimum Gasteiger partial charge on any atom is -0.336 e. The van der Waals surface area contributed by atoms with E-state index < -0.39 is 0 Å². The lowest BCUT2D eigenvalue weighted by Gasteiger charge is -2.14. The molecule has 0 saturated carbocycles. The third-order valence-electron chi connectivity index (χ3n) is 2.81. The SMILES string of the molecule is CC(=O)SCC1CC(=O)N(Cc2nc(C)cs2)C1. The molecule has 1 amide bonds. The van der Waals surface area contributed by atoms with Crippen LogP contribution in [0.4, 0.5) is 0 Å². The lowest BCUT2D eigenvalue weighted by atomic mass is 10.1. The van der Waals surface area contributed by atoms with Gasteiger partial charge in [0.1, 0.15) is 5.01 Å². The van der Waals surface area contributed by atoms with Crippen molar-refractivity contribution >= 4 is 34.1 Å². The third-order valence-corrected chi connectivity index (χ3v) is 4.81. The van der Waals surface area contributed by atoms with Crippen LogP contribution in [0.2, 0.25) is 0 Å². The van der Waals surface area contributed by atoms with Gasteiger partial charge in [-0.3, -0.25) is 9.59 Å². The fourth-order valence-electron chi connectivity index (χ4n) is 1.99. The number of amides is 1. The quantitative estimate of drug-likeness (QED) is 0.849. The van der Waals surface area contributed by atoms with Crippen molar-refractivity contribution in [3.63, 3.8) is 0 Å². The van der Waals surface area contributed by atoms with Crippen molar-refractivity contribution in [2.45, 2.75) is 26.8 Å². The van der Waals surface area contributed by atoms with Gasteiger partial charge in [0.2, 0.25) is 5.91 Å². The number of nitrogens with zero attached hydrogens (tertiary/aromatic N) is 2. The van der Waals surface area contributed by atoms with E-state index in [9.17, 15) is 9.59 Å². The summed E-state index contributed by atoms with van der Waals surface area (Å²) in [5.41, 5.74) is 1.00. The van der Waals surface area contributed by atoms with Gasteiger partial charge in [-0.25, -0.2) is 4.98 Å². The van der Waals surface area contributed by atoms with Crippen LogP contribution in [0.5, 0.6) is 0 Å². The van der Waals surface area contributed by atoms with Crippen LogP contribution in [-0.2, 0) is 16.1 Å². The summed E-state index contributed by atoms with van der Waals surface area (Å²) in [5, 5.41) is 3.11. The van der Waals surface area contributed by atoms with Gasteiger partial charge in [-0.1, -0.05) is 11.8 Å². The van der Waals surface area contributed by atoms with Crippen molar-refractivity contribution in [3.05, 3.63) is 16.1 Å². The smallest absolute Gasteiger partial charge is 0.223 e. The number of carbonyl (C=O) groups is 2. The predicted molar refractivity (Wildman–Crippen MR) is 73.5 cm³/mol. The zero-order chi connectivity index (χ0) is 13.1. The summed E-state index contributed by atoms with van der Waals surface area (Å²) in [5.74, 6) is 1.22. The minimum atomic E-state index is 0.122. The summed E-state index contributed by atoms with van der Waals surface area (Å²) < 4.78 is 0. The highest BCUT2D eigenvalue weighted by atomic mass is 32.2. The Balaban J connectivity index is 1.87. The number of hydrogen-bond donors (Lipinski definition) is 0. The molecule has 6 heteroatoms. The Kier molecular flexibility index (Phi) is 4.40. The highest BCUT2D eigenvalue weighted by molar-refractivity contribution is 8.13. The van der Waals surface area contributed by atoms with Gasteiger partial charge in [0.15, 0.2) is 5.12 Å². The molecule has 1 aromatic rings. The summed E-state index contributed by atoms with van der Waals surface area (Å²) in [4.78, 5) is 29.0. The topological polar surface area (TPSA) is 50.3 Å². The lowest BCUT2D eigenvalue weighted by Crippen LogP contribution is -2.24. The van der Waals surface area contributed by atoms with Gasteiger partial charge in [-0.2, -0.15) is 0 Å². The van der Waals surface area contributed by atoms with E-state index in [0.717, 1.165) is 23.0 Å². The molecule has 0 bridgehead atoms. The van der Waals surface area contributed by atoms with Crippen LogP contribution in [0, 0.1) is 12.8 Å². The first-order chi connectivity index (χ1) is 8.54. The standard InChI is InChI=1S/C12H16N2O2S2/c1-8-6-18-11(13-8)5-14-4-10(3-12(14)16)7-17-9(2)15/h6,10H,3-5,7H2,1-2H3. The molecule has 0 spiro atoms. The van der Waals surface area contributed by atoms with Gasteiger partial charge in [0.25, 0.3) is 0 Å². The molecule has 4 nitrogen and oxygen atoms in total. The Morgan fingerprint density at radius 2 is 2.44 bits per heavy atom. The van der Waals surface area contributed by atoms with E-state index in [1.807, 2.05) is 17.2 Å². The molecule has 2 rings (SSSR count). The predicted octanol–water partition coefficient (Wildman–Crippen LogP) is 2.08. The average molecular weight is 284 g/mol. The van der Waals surface area contributed by atoms with Crippen LogP contribution in [0.25, 0.3) is 0 Å². The number of hydrogen-bond acceptors (Lipinski definition) is 5. The zero-order valence-electron chi connectivity index (χ0n) is 10.5. The second kappa shape index (κ2) is 5.84. The molecule has 1 atom stereocenters. The van der Waals surface area contributed by atoms with Crippen molar-refractivity contribution in [2.24, 2.45) is 5.92 Å². The first-order valence-corrected chi connectivity index (χ1v) is 7.73. The highest BCUT2D eigenvalue weighted by Gasteiger charge is 2.30. The fraction of sp³-hybridized carbons (Fsp3) is 0.583. The third kappa shape index (κ3) is 3.55. The van der Waals surface area contributed by atoms with Gasteiger partial charge in [0, 0.05) is 36.7 Å². The maximum absolute atomic E-state index is 11.8. The second-order valence-corrected chi connectivity index (χ2v) is 6.67. The number of likely N-dealkylation sites (tertiary alicyclic amines) is 1. The first kappa shape index (κ1) is 13.5. The van der Waals surface area contributed by atoms with Gasteiger partial charge >= 0.3 is 0 Å². The Morgan fingerprint density at radius 1 is 1.67 bits per heavy atom. The molecule has 2 heterocycles. The van der Waals surface area contributed by atoms with Gasteiger partial charge in [0.05, 0.1) is 6.54 Å². The summed E-state index contributed by atoms with van der Waals surface area (Å²) in [6, 6.07) is 0. The molecular weight excluding hydrogens is 268 g/mol. The molecule has 0 radical (unpaired) electrons. The number of carbonyl (C=O) groups excluding carboxylic acids is 2. The van der Waals surface area contributed by atoms with Crippen molar-refractivity contribution in [3.8, 4) is 0 Å². The molecule has 1 fully saturated rings. The molecule has 1 aromatic heterocycles. The summed E-state index contributed by atoms with van der Waals surface area (Å²) in [6.07, 6.45) is 0.560. The molecule has 1 aliphatic rings. The van der Waals surface area contributed by atoms with Crippen LogP contribution >= 0.6 is 23.1 Å². The summed E-state index contributed by atoms with van der Waals surface area (Å²) >= 11 is 2.91. The number of aromatic nitrogens is 1. The average Bonchev–Trinajstić information content (AvgIpc) is 2.84. The first-order valence-electron chi connectivity index (χ1n) is 5.86. The normalized spacial score (nSPS) is 19.6.